The van der Waals surface area contributed by atoms with Crippen molar-refractivity contribution < 1.29 is 9.47 Å². The van der Waals surface area contributed by atoms with Crippen LogP contribution >= 0.6 is 24.0 Å². The summed E-state index contributed by atoms with van der Waals surface area (Å²) in [4.78, 5) is 6.97. The highest BCUT2D eigenvalue weighted by Gasteiger charge is 2.22. The number of methoxy groups -OCH3 is 1. The molecular weight excluding hydrogens is 491 g/mol. The van der Waals surface area contributed by atoms with Crippen LogP contribution in [0, 0.1) is 0 Å². The molecule has 30 heavy (non-hydrogen) atoms. The number of aliphatic imine (C=N–C) groups is 1. The second-order valence-electron chi connectivity index (χ2n) is 8.47. The fraction of sp³-hybridized carbons (Fsp3) is 0.696. The smallest absolute Gasteiger partial charge is 0.191 e. The molecular formula is C23H39IN4O2. The quantitative estimate of drug-likeness (QED) is 0.315. The predicted molar refractivity (Wildman–Crippen MR) is 134 cm³/mol. The average Bonchev–Trinajstić information content (AvgIpc) is 3.25. The van der Waals surface area contributed by atoms with E-state index in [0.717, 1.165) is 61.8 Å². The first-order valence-electron chi connectivity index (χ1n) is 11.1. The van der Waals surface area contributed by atoms with Crippen LogP contribution in [-0.4, -0.2) is 56.3 Å². The number of hydrogen-bond donors (Lipinski definition) is 2. The Morgan fingerprint density at radius 1 is 1.17 bits per heavy atom. The van der Waals surface area contributed by atoms with E-state index in [1.807, 2.05) is 19.2 Å². The standard InChI is InChI=1S/C23H38N4O2.HI/c1-17(2)27-13-11-19(12-14-27)26-23(24-3)25-16-18-9-10-21(28-4)15-22(18)29-20-7-5-6-8-20;/h9-10,15,17,19-20H,5-8,11-14,16H2,1-4H3,(H2,24,25,26);1H. The number of guanidine groups is 1. The molecule has 2 aliphatic rings. The highest BCUT2D eigenvalue weighted by atomic mass is 127. The number of likely N-dealkylation sites (tertiary alicyclic amines) is 1. The maximum Gasteiger partial charge on any atom is 0.191 e. The van der Waals surface area contributed by atoms with Crippen LogP contribution in [0.5, 0.6) is 11.5 Å². The van der Waals surface area contributed by atoms with Gasteiger partial charge in [0.15, 0.2) is 5.96 Å². The molecule has 1 heterocycles. The molecule has 0 spiro atoms. The van der Waals surface area contributed by atoms with Crippen LogP contribution in [0.15, 0.2) is 23.2 Å². The number of nitrogens with one attached hydrogen (secondary N) is 2. The second-order valence-corrected chi connectivity index (χ2v) is 8.47. The summed E-state index contributed by atoms with van der Waals surface area (Å²) in [6, 6.07) is 7.19. The summed E-state index contributed by atoms with van der Waals surface area (Å²) in [7, 11) is 3.53. The summed E-state index contributed by atoms with van der Waals surface area (Å²) in [5.41, 5.74) is 1.13. The summed E-state index contributed by atoms with van der Waals surface area (Å²) in [6.07, 6.45) is 7.42. The van der Waals surface area contributed by atoms with Crippen molar-refractivity contribution in [1.29, 1.82) is 0 Å². The molecule has 1 aliphatic heterocycles. The van der Waals surface area contributed by atoms with Crippen molar-refractivity contribution >= 4 is 29.9 Å². The summed E-state index contributed by atoms with van der Waals surface area (Å²) in [5.74, 6) is 2.61. The minimum absolute atomic E-state index is 0. The van der Waals surface area contributed by atoms with Gasteiger partial charge >= 0.3 is 0 Å². The van der Waals surface area contributed by atoms with Crippen molar-refractivity contribution in [2.24, 2.45) is 4.99 Å². The van der Waals surface area contributed by atoms with E-state index in [1.54, 1.807) is 7.11 Å². The molecule has 1 aliphatic carbocycles. The first-order chi connectivity index (χ1) is 14.1. The molecule has 0 bridgehead atoms. The van der Waals surface area contributed by atoms with Gasteiger partial charge in [-0.1, -0.05) is 0 Å². The fourth-order valence-electron chi connectivity index (χ4n) is 4.23. The Labute approximate surface area is 199 Å². The first kappa shape index (κ1) is 25.0. The number of benzene rings is 1. The maximum absolute atomic E-state index is 6.31. The minimum Gasteiger partial charge on any atom is -0.497 e. The van der Waals surface area contributed by atoms with E-state index >= 15 is 0 Å². The van der Waals surface area contributed by atoms with Gasteiger partial charge in [0.1, 0.15) is 11.5 Å². The summed E-state index contributed by atoms with van der Waals surface area (Å²) < 4.78 is 11.7. The molecule has 1 saturated heterocycles. The molecule has 0 unspecified atom stereocenters. The Balaban J connectivity index is 0.00000320. The van der Waals surface area contributed by atoms with Crippen molar-refractivity contribution in [2.45, 2.75) is 77.1 Å². The van der Waals surface area contributed by atoms with Gasteiger partial charge in [0, 0.05) is 50.4 Å². The van der Waals surface area contributed by atoms with Crippen LogP contribution in [0.4, 0.5) is 0 Å². The van der Waals surface area contributed by atoms with E-state index in [-0.39, 0.29) is 24.0 Å². The lowest BCUT2D eigenvalue weighted by atomic mass is 10.0. The van der Waals surface area contributed by atoms with Crippen LogP contribution in [0.2, 0.25) is 0 Å². The molecule has 1 aromatic carbocycles. The number of piperidine rings is 1. The maximum atomic E-state index is 6.31. The SMILES string of the molecule is CN=C(NCc1ccc(OC)cc1OC1CCCC1)NC1CCN(C(C)C)CC1.I. The topological polar surface area (TPSA) is 58.1 Å². The normalized spacial score (nSPS) is 18.9. The van der Waals surface area contributed by atoms with Gasteiger partial charge in [0.2, 0.25) is 0 Å². The molecule has 2 N–H and O–H groups in total. The third kappa shape index (κ3) is 7.18. The predicted octanol–water partition coefficient (Wildman–Crippen LogP) is 4.17. The Morgan fingerprint density at radius 2 is 1.87 bits per heavy atom. The molecule has 170 valence electrons. The van der Waals surface area contributed by atoms with Gasteiger partial charge < -0.3 is 25.0 Å². The lowest BCUT2D eigenvalue weighted by molar-refractivity contribution is 0.167. The van der Waals surface area contributed by atoms with Crippen LogP contribution in [0.25, 0.3) is 0 Å². The van der Waals surface area contributed by atoms with Gasteiger partial charge in [-0.15, -0.1) is 24.0 Å². The zero-order valence-corrected chi connectivity index (χ0v) is 21.3. The van der Waals surface area contributed by atoms with Gasteiger partial charge in [-0.2, -0.15) is 0 Å². The number of ether oxygens (including phenoxy) is 2. The monoisotopic (exact) mass is 530 g/mol. The molecule has 2 fully saturated rings. The average molecular weight is 530 g/mol. The highest BCUT2D eigenvalue weighted by Crippen LogP contribution is 2.30. The molecule has 3 rings (SSSR count). The molecule has 1 aromatic rings. The highest BCUT2D eigenvalue weighted by molar-refractivity contribution is 14.0. The van der Waals surface area contributed by atoms with E-state index in [9.17, 15) is 0 Å². The molecule has 6 nitrogen and oxygen atoms in total. The van der Waals surface area contributed by atoms with Crippen LogP contribution in [-0.2, 0) is 6.54 Å². The van der Waals surface area contributed by atoms with E-state index in [4.69, 9.17) is 9.47 Å². The van der Waals surface area contributed by atoms with Crippen molar-refractivity contribution in [3.8, 4) is 11.5 Å². The van der Waals surface area contributed by atoms with Crippen molar-refractivity contribution in [3.05, 3.63) is 23.8 Å². The largest absolute Gasteiger partial charge is 0.497 e. The lowest BCUT2D eigenvalue weighted by Crippen LogP contribution is -2.49. The third-order valence-corrected chi connectivity index (χ3v) is 6.14. The molecule has 1 saturated carbocycles. The summed E-state index contributed by atoms with van der Waals surface area (Å²) >= 11 is 0. The van der Waals surface area contributed by atoms with Gasteiger partial charge in [0.25, 0.3) is 0 Å². The van der Waals surface area contributed by atoms with Crippen molar-refractivity contribution in [1.82, 2.24) is 15.5 Å². The summed E-state index contributed by atoms with van der Waals surface area (Å²) in [6.45, 7) is 7.51. The minimum atomic E-state index is 0. The number of halogens is 1. The van der Waals surface area contributed by atoms with Gasteiger partial charge in [-0.05, 0) is 64.5 Å². The van der Waals surface area contributed by atoms with E-state index < -0.39 is 0 Å². The Morgan fingerprint density at radius 3 is 2.47 bits per heavy atom. The zero-order valence-electron chi connectivity index (χ0n) is 18.9. The lowest BCUT2D eigenvalue weighted by Gasteiger charge is -2.35. The fourth-order valence-corrected chi connectivity index (χ4v) is 4.23. The van der Waals surface area contributed by atoms with E-state index in [1.165, 1.54) is 12.8 Å². The van der Waals surface area contributed by atoms with E-state index in [2.05, 4.69) is 40.4 Å². The molecule has 0 amide bonds. The summed E-state index contributed by atoms with van der Waals surface area (Å²) in [5, 5.41) is 7.07. The van der Waals surface area contributed by atoms with Crippen LogP contribution in [0.1, 0.15) is 57.9 Å². The van der Waals surface area contributed by atoms with Crippen molar-refractivity contribution in [3.63, 3.8) is 0 Å². The second kappa shape index (κ2) is 12.6. The number of nitrogens with zero attached hydrogens (tertiary/aromatic N) is 2. The Bertz CT molecular complexity index is 669. The van der Waals surface area contributed by atoms with E-state index in [0.29, 0.717) is 24.7 Å². The van der Waals surface area contributed by atoms with Gasteiger partial charge in [-0.25, -0.2) is 0 Å². The van der Waals surface area contributed by atoms with Crippen LogP contribution in [0.3, 0.4) is 0 Å². The van der Waals surface area contributed by atoms with Gasteiger partial charge in [0.05, 0.1) is 13.2 Å². The number of hydrogen-bond acceptors (Lipinski definition) is 4. The van der Waals surface area contributed by atoms with Gasteiger partial charge in [-0.3, -0.25) is 4.99 Å². The molecule has 0 aromatic heterocycles. The Hall–Kier alpha value is -1.22. The molecule has 0 radical (unpaired) electrons. The zero-order chi connectivity index (χ0) is 20.6. The third-order valence-electron chi connectivity index (χ3n) is 6.14. The number of rotatable bonds is 7. The van der Waals surface area contributed by atoms with Crippen molar-refractivity contribution in [2.75, 3.05) is 27.2 Å². The Kier molecular flexibility index (Phi) is 10.5. The molecule has 7 heteroatoms. The van der Waals surface area contributed by atoms with Crippen LogP contribution < -0.4 is 20.1 Å². The molecule has 0 atom stereocenters. The first-order valence-corrected chi connectivity index (χ1v) is 11.1.